The van der Waals surface area contributed by atoms with E-state index in [9.17, 15) is 9.59 Å². The number of nitrogens with one attached hydrogen (secondary N) is 3. The van der Waals surface area contributed by atoms with Crippen molar-refractivity contribution in [3.63, 3.8) is 0 Å². The number of thiophene rings is 2. The third kappa shape index (κ3) is 3.94. The number of fused-ring (bicyclic) bond motifs is 2. The number of hydrogen-bond acceptors (Lipinski definition) is 5. The van der Waals surface area contributed by atoms with Crippen LogP contribution >= 0.6 is 58.1 Å². The predicted octanol–water partition coefficient (Wildman–Crippen LogP) is 5.37. The highest BCUT2D eigenvalue weighted by Crippen LogP contribution is 2.35. The normalized spacial score (nSPS) is 10.8. The summed E-state index contributed by atoms with van der Waals surface area (Å²) in [7, 11) is 0. The van der Waals surface area contributed by atoms with Crippen molar-refractivity contribution in [2.45, 2.75) is 0 Å². The van der Waals surface area contributed by atoms with E-state index in [2.05, 4.69) is 16.2 Å². The van der Waals surface area contributed by atoms with Gasteiger partial charge in [0.05, 0.1) is 10.0 Å². The summed E-state index contributed by atoms with van der Waals surface area (Å²) in [6.45, 7) is 0. The van der Waals surface area contributed by atoms with E-state index in [-0.39, 0.29) is 5.11 Å². The Kier molecular flexibility index (Phi) is 5.71. The molecule has 0 saturated carbocycles. The molecule has 0 unspecified atom stereocenters. The number of thiocarbonyl (C=S) groups is 1. The first-order valence-electron chi connectivity index (χ1n) is 8.21. The van der Waals surface area contributed by atoms with Crippen molar-refractivity contribution in [2.75, 3.05) is 0 Å². The molecule has 0 aliphatic carbocycles. The molecule has 29 heavy (non-hydrogen) atoms. The van der Waals surface area contributed by atoms with E-state index in [1.165, 1.54) is 22.7 Å². The molecule has 3 N–H and O–H groups in total. The Morgan fingerprint density at radius 3 is 1.76 bits per heavy atom. The lowest BCUT2D eigenvalue weighted by Gasteiger charge is -2.09. The quantitative estimate of drug-likeness (QED) is 0.267. The molecule has 2 amide bonds. The highest BCUT2D eigenvalue weighted by molar-refractivity contribution is 7.80. The molecule has 2 heterocycles. The molecule has 0 radical (unpaired) electrons. The van der Waals surface area contributed by atoms with Gasteiger partial charge in [0.2, 0.25) is 0 Å². The average molecular weight is 480 g/mol. The Hall–Kier alpha value is -2.23. The lowest BCUT2D eigenvalue weighted by atomic mass is 10.2. The van der Waals surface area contributed by atoms with Crippen molar-refractivity contribution in [3.8, 4) is 0 Å². The van der Waals surface area contributed by atoms with Crippen LogP contribution in [0.5, 0.6) is 0 Å². The van der Waals surface area contributed by atoms with Gasteiger partial charge in [-0.05, 0) is 24.4 Å². The number of carbonyl (C=O) groups is 2. The zero-order valence-corrected chi connectivity index (χ0v) is 18.4. The second-order valence-electron chi connectivity index (χ2n) is 5.85. The van der Waals surface area contributed by atoms with Crippen LogP contribution in [0.4, 0.5) is 0 Å². The summed E-state index contributed by atoms with van der Waals surface area (Å²) in [6, 6.07) is 14.9. The van der Waals surface area contributed by atoms with E-state index in [0.717, 1.165) is 20.2 Å². The smallest absolute Gasteiger partial charge is 0.281 e. The van der Waals surface area contributed by atoms with Crippen LogP contribution < -0.4 is 16.2 Å². The van der Waals surface area contributed by atoms with Crippen LogP contribution in [0.3, 0.4) is 0 Å². The van der Waals surface area contributed by atoms with Crippen LogP contribution in [-0.2, 0) is 0 Å². The Labute approximate surface area is 188 Å². The maximum absolute atomic E-state index is 12.5. The topological polar surface area (TPSA) is 70.2 Å². The standard InChI is InChI=1S/C19H11Cl2N3O2S3/c20-13-9-5-1-3-7-11(9)28-15(13)17(25)22-19(27)24-23-18(26)16-14(21)10-6-2-4-8-12(10)29-16/h1-8H,(H,23,26)(H2,22,24,25,27). The molecule has 4 rings (SSSR count). The Morgan fingerprint density at radius 2 is 1.24 bits per heavy atom. The minimum Gasteiger partial charge on any atom is -0.297 e. The molecule has 2 aromatic heterocycles. The molecule has 0 saturated heterocycles. The summed E-state index contributed by atoms with van der Waals surface area (Å²) in [5.74, 6) is -0.907. The van der Waals surface area contributed by atoms with E-state index in [4.69, 9.17) is 35.4 Å². The van der Waals surface area contributed by atoms with Crippen LogP contribution in [0.2, 0.25) is 10.0 Å². The number of hydrogen-bond donors (Lipinski definition) is 3. The number of benzene rings is 2. The fourth-order valence-electron chi connectivity index (χ4n) is 2.68. The Bertz CT molecular complexity index is 1280. The van der Waals surface area contributed by atoms with E-state index in [0.29, 0.717) is 19.8 Å². The zero-order chi connectivity index (χ0) is 20.5. The van der Waals surface area contributed by atoms with Crippen LogP contribution in [0.25, 0.3) is 20.2 Å². The van der Waals surface area contributed by atoms with Gasteiger partial charge in [0.15, 0.2) is 5.11 Å². The van der Waals surface area contributed by atoms with Crippen molar-refractivity contribution >= 4 is 95.2 Å². The highest BCUT2D eigenvalue weighted by Gasteiger charge is 2.19. The first-order valence-corrected chi connectivity index (χ1v) is 11.0. The lowest BCUT2D eigenvalue weighted by molar-refractivity contribution is 0.0939. The number of halogens is 2. The summed E-state index contributed by atoms with van der Waals surface area (Å²) in [4.78, 5) is 25.6. The third-order valence-electron chi connectivity index (χ3n) is 4.00. The number of hydrazine groups is 1. The maximum Gasteiger partial charge on any atom is 0.281 e. The molecular weight excluding hydrogens is 469 g/mol. The van der Waals surface area contributed by atoms with E-state index in [1.54, 1.807) is 0 Å². The van der Waals surface area contributed by atoms with Crippen LogP contribution in [-0.4, -0.2) is 16.9 Å². The summed E-state index contributed by atoms with van der Waals surface area (Å²) < 4.78 is 1.80. The Balaban J connectivity index is 1.41. The molecule has 146 valence electrons. The average Bonchev–Trinajstić information content (AvgIpc) is 3.24. The second kappa shape index (κ2) is 8.25. The minimum absolute atomic E-state index is 0.0610. The van der Waals surface area contributed by atoms with E-state index >= 15 is 0 Å². The fourth-order valence-corrected chi connectivity index (χ4v) is 5.65. The van der Waals surface area contributed by atoms with Crippen molar-refractivity contribution < 1.29 is 9.59 Å². The van der Waals surface area contributed by atoms with Gasteiger partial charge in [0, 0.05) is 20.2 Å². The minimum atomic E-state index is -0.456. The summed E-state index contributed by atoms with van der Waals surface area (Å²) in [5.41, 5.74) is 4.97. The first kappa shape index (κ1) is 20.1. The Morgan fingerprint density at radius 1 is 0.759 bits per heavy atom. The SMILES string of the molecule is O=C(NNC(=S)NC(=O)c1sc2ccccc2c1Cl)c1sc2ccccc2c1Cl. The lowest BCUT2D eigenvalue weighted by Crippen LogP contribution is -2.48. The summed E-state index contributed by atoms with van der Waals surface area (Å²) in [6.07, 6.45) is 0. The predicted molar refractivity (Wildman–Crippen MR) is 124 cm³/mol. The molecule has 0 aliphatic heterocycles. The molecule has 4 aromatic rings. The van der Waals surface area contributed by atoms with Crippen LogP contribution in [0.1, 0.15) is 19.3 Å². The second-order valence-corrected chi connectivity index (χ2v) is 9.11. The van der Waals surface area contributed by atoms with Crippen molar-refractivity contribution in [2.24, 2.45) is 0 Å². The van der Waals surface area contributed by atoms with Gasteiger partial charge in [0.1, 0.15) is 9.75 Å². The van der Waals surface area contributed by atoms with Gasteiger partial charge in [-0.3, -0.25) is 25.8 Å². The largest absolute Gasteiger partial charge is 0.297 e. The van der Waals surface area contributed by atoms with Crippen LogP contribution in [0, 0.1) is 0 Å². The van der Waals surface area contributed by atoms with Gasteiger partial charge in [-0.2, -0.15) is 0 Å². The molecule has 5 nitrogen and oxygen atoms in total. The molecule has 10 heteroatoms. The van der Waals surface area contributed by atoms with Crippen molar-refractivity contribution in [3.05, 3.63) is 68.3 Å². The molecule has 0 spiro atoms. The third-order valence-corrected chi connectivity index (χ3v) is 7.55. The van der Waals surface area contributed by atoms with E-state index in [1.807, 2.05) is 48.5 Å². The summed E-state index contributed by atoms with van der Waals surface area (Å²) >= 11 is 20.2. The zero-order valence-electron chi connectivity index (χ0n) is 14.4. The summed E-state index contributed by atoms with van der Waals surface area (Å²) in [5, 5.41) is 4.79. The van der Waals surface area contributed by atoms with Gasteiger partial charge < -0.3 is 0 Å². The molecule has 0 atom stereocenters. The van der Waals surface area contributed by atoms with Gasteiger partial charge in [0.25, 0.3) is 11.8 Å². The molecule has 2 aromatic carbocycles. The van der Waals surface area contributed by atoms with Gasteiger partial charge in [-0.1, -0.05) is 59.6 Å². The van der Waals surface area contributed by atoms with Crippen LogP contribution in [0.15, 0.2) is 48.5 Å². The monoisotopic (exact) mass is 479 g/mol. The maximum atomic E-state index is 12.5. The van der Waals surface area contributed by atoms with Crippen molar-refractivity contribution in [1.82, 2.24) is 16.2 Å². The first-order chi connectivity index (χ1) is 14.0. The molecular formula is C19H11Cl2N3O2S3. The van der Waals surface area contributed by atoms with Crippen molar-refractivity contribution in [1.29, 1.82) is 0 Å². The number of amides is 2. The van der Waals surface area contributed by atoms with E-state index < -0.39 is 11.8 Å². The van der Waals surface area contributed by atoms with Gasteiger partial charge >= 0.3 is 0 Å². The number of rotatable bonds is 2. The molecule has 0 fully saturated rings. The van der Waals surface area contributed by atoms with Gasteiger partial charge in [-0.15, -0.1) is 22.7 Å². The molecule has 0 bridgehead atoms. The highest BCUT2D eigenvalue weighted by atomic mass is 35.5. The number of carbonyl (C=O) groups excluding carboxylic acids is 2. The fraction of sp³-hybridized carbons (Fsp3) is 0. The van der Waals surface area contributed by atoms with Gasteiger partial charge in [-0.25, -0.2) is 0 Å². The molecule has 0 aliphatic rings.